The molecule has 3 aromatic carbocycles. The van der Waals surface area contributed by atoms with Gasteiger partial charge in [-0.15, -0.1) is 0 Å². The van der Waals surface area contributed by atoms with Crippen LogP contribution >= 0.6 is 0 Å². The Bertz CT molecular complexity index is 950. The minimum Gasteiger partial charge on any atom is -0.457 e. The Kier molecular flexibility index (Phi) is 6.84. The van der Waals surface area contributed by atoms with Crippen LogP contribution in [-0.2, 0) is 24.4 Å². The Morgan fingerprint density at radius 3 is 1.76 bits per heavy atom. The predicted octanol–water partition coefficient (Wildman–Crippen LogP) is 4.54. The highest BCUT2D eigenvalue weighted by Crippen LogP contribution is 2.12. The Balaban J connectivity index is 1.49. The summed E-state index contributed by atoms with van der Waals surface area (Å²) >= 11 is 0. The van der Waals surface area contributed by atoms with E-state index in [0.717, 1.165) is 29.8 Å². The number of quaternary nitrogens is 1. The monoisotopic (exact) mass is 388 g/mol. The lowest BCUT2D eigenvalue weighted by atomic mass is 10.1. The van der Waals surface area contributed by atoms with E-state index in [1.54, 1.807) is 0 Å². The molecule has 0 unspecified atom stereocenters. The fourth-order valence-electron chi connectivity index (χ4n) is 3.69. The van der Waals surface area contributed by atoms with Crippen LogP contribution in [0.15, 0.2) is 60.7 Å². The molecule has 0 aliphatic carbocycles. The first-order chi connectivity index (χ1) is 13.9. The third kappa shape index (κ3) is 6.30. The van der Waals surface area contributed by atoms with E-state index in [1.165, 1.54) is 22.3 Å². The van der Waals surface area contributed by atoms with Crippen molar-refractivity contribution in [2.75, 3.05) is 0 Å². The molecule has 3 rings (SSSR count). The van der Waals surface area contributed by atoms with Crippen LogP contribution in [0, 0.1) is 27.7 Å². The van der Waals surface area contributed by atoms with E-state index in [2.05, 4.69) is 49.5 Å². The molecule has 0 saturated carbocycles. The molecule has 0 bridgehead atoms. The van der Waals surface area contributed by atoms with Crippen LogP contribution in [0.2, 0.25) is 0 Å². The normalized spacial score (nSPS) is 10.8. The fraction of sp³-hybridized carbons (Fsp3) is 0.269. The standard InChI is InChI=1S/C26H29NO2/c1-18-9-19(2)12-24(11-18)16-27-15-22-5-7-23(8-6-22)17-29-26(28)25-13-20(3)10-21(4)14-25/h5-14,27H,15-17H2,1-4H3/p+1. The maximum Gasteiger partial charge on any atom is 0.338 e. The quantitative estimate of drug-likeness (QED) is 0.604. The van der Waals surface area contributed by atoms with Crippen LogP contribution in [0.5, 0.6) is 0 Å². The second kappa shape index (κ2) is 9.53. The van der Waals surface area contributed by atoms with Crippen molar-refractivity contribution in [3.05, 3.63) is 105 Å². The number of rotatable bonds is 7. The fourth-order valence-corrected chi connectivity index (χ4v) is 3.69. The smallest absolute Gasteiger partial charge is 0.338 e. The molecule has 29 heavy (non-hydrogen) atoms. The first-order valence-corrected chi connectivity index (χ1v) is 10.1. The van der Waals surface area contributed by atoms with Gasteiger partial charge in [-0.25, -0.2) is 4.79 Å². The van der Waals surface area contributed by atoms with Crippen LogP contribution in [0.4, 0.5) is 0 Å². The van der Waals surface area contributed by atoms with Crippen LogP contribution in [-0.4, -0.2) is 5.97 Å². The lowest BCUT2D eigenvalue weighted by Gasteiger charge is -2.08. The summed E-state index contributed by atoms with van der Waals surface area (Å²) in [6.07, 6.45) is 0. The lowest BCUT2D eigenvalue weighted by molar-refractivity contribution is -0.686. The Morgan fingerprint density at radius 2 is 1.17 bits per heavy atom. The Hall–Kier alpha value is -2.91. The Labute approximate surface area is 173 Å². The topological polar surface area (TPSA) is 42.9 Å². The van der Waals surface area contributed by atoms with E-state index in [9.17, 15) is 4.79 Å². The molecule has 0 aliphatic rings. The number of esters is 1. The zero-order chi connectivity index (χ0) is 20.8. The van der Waals surface area contributed by atoms with Crippen LogP contribution in [0.1, 0.15) is 49.3 Å². The van der Waals surface area contributed by atoms with Gasteiger partial charge in [0, 0.05) is 11.1 Å². The van der Waals surface area contributed by atoms with Crippen LogP contribution in [0.3, 0.4) is 0 Å². The molecule has 150 valence electrons. The van der Waals surface area contributed by atoms with Crippen LogP contribution < -0.4 is 5.32 Å². The summed E-state index contributed by atoms with van der Waals surface area (Å²) in [5, 5.41) is 2.31. The molecule has 0 amide bonds. The van der Waals surface area contributed by atoms with Gasteiger partial charge in [0.25, 0.3) is 0 Å². The molecule has 0 aromatic heterocycles. The van der Waals surface area contributed by atoms with Crippen molar-refractivity contribution >= 4 is 5.97 Å². The third-order valence-corrected chi connectivity index (χ3v) is 4.89. The average molecular weight is 389 g/mol. The van der Waals surface area contributed by atoms with E-state index >= 15 is 0 Å². The molecule has 0 radical (unpaired) electrons. The van der Waals surface area contributed by atoms with E-state index < -0.39 is 0 Å². The number of ether oxygens (including phenoxy) is 1. The van der Waals surface area contributed by atoms with E-state index in [0.29, 0.717) is 12.2 Å². The molecule has 0 fully saturated rings. The van der Waals surface area contributed by atoms with Gasteiger partial charge in [0.05, 0.1) is 5.56 Å². The van der Waals surface area contributed by atoms with Gasteiger partial charge >= 0.3 is 5.97 Å². The van der Waals surface area contributed by atoms with Crippen molar-refractivity contribution in [1.29, 1.82) is 0 Å². The van der Waals surface area contributed by atoms with Crippen molar-refractivity contribution in [3.63, 3.8) is 0 Å². The van der Waals surface area contributed by atoms with E-state index in [4.69, 9.17) is 4.74 Å². The second-order valence-corrected chi connectivity index (χ2v) is 7.96. The van der Waals surface area contributed by atoms with Gasteiger partial charge in [0.15, 0.2) is 0 Å². The number of hydrogen-bond acceptors (Lipinski definition) is 2. The van der Waals surface area contributed by atoms with Gasteiger partial charge in [-0.2, -0.15) is 0 Å². The third-order valence-electron chi connectivity index (χ3n) is 4.89. The van der Waals surface area contributed by atoms with E-state index in [1.807, 2.05) is 44.2 Å². The zero-order valence-corrected chi connectivity index (χ0v) is 17.8. The summed E-state index contributed by atoms with van der Waals surface area (Å²) < 4.78 is 5.48. The predicted molar refractivity (Wildman–Crippen MR) is 117 cm³/mol. The van der Waals surface area contributed by atoms with Crippen molar-refractivity contribution in [1.82, 2.24) is 0 Å². The Morgan fingerprint density at radius 1 is 0.690 bits per heavy atom. The highest BCUT2D eigenvalue weighted by Gasteiger charge is 2.09. The molecule has 0 spiro atoms. The van der Waals surface area contributed by atoms with Gasteiger partial charge in [0.2, 0.25) is 0 Å². The molecule has 0 aliphatic heterocycles. The van der Waals surface area contributed by atoms with Gasteiger partial charge in [0.1, 0.15) is 19.7 Å². The van der Waals surface area contributed by atoms with Crippen molar-refractivity contribution in [2.24, 2.45) is 0 Å². The zero-order valence-electron chi connectivity index (χ0n) is 17.8. The maximum absolute atomic E-state index is 12.3. The summed E-state index contributed by atoms with van der Waals surface area (Å²) in [6, 6.07) is 20.8. The van der Waals surface area contributed by atoms with Gasteiger partial charge in [-0.1, -0.05) is 70.8 Å². The van der Waals surface area contributed by atoms with Gasteiger partial charge in [-0.3, -0.25) is 0 Å². The van der Waals surface area contributed by atoms with Crippen molar-refractivity contribution in [2.45, 2.75) is 47.4 Å². The summed E-state index contributed by atoms with van der Waals surface area (Å²) in [7, 11) is 0. The average Bonchev–Trinajstić information content (AvgIpc) is 2.65. The lowest BCUT2D eigenvalue weighted by Crippen LogP contribution is -2.80. The number of aryl methyl sites for hydroxylation is 4. The highest BCUT2D eigenvalue weighted by molar-refractivity contribution is 5.89. The number of benzene rings is 3. The summed E-state index contributed by atoms with van der Waals surface area (Å²) in [5.74, 6) is -0.275. The number of hydrogen-bond donors (Lipinski definition) is 1. The van der Waals surface area contributed by atoms with Gasteiger partial charge < -0.3 is 10.1 Å². The molecule has 0 saturated heterocycles. The molecular formula is C26H30NO2+. The number of carbonyl (C=O) groups is 1. The SMILES string of the molecule is Cc1cc(C)cc(C[NH2+]Cc2ccc(COC(=O)c3cc(C)cc(C)c3)cc2)c1. The molecule has 3 aromatic rings. The molecule has 3 nitrogen and oxygen atoms in total. The largest absolute Gasteiger partial charge is 0.457 e. The highest BCUT2D eigenvalue weighted by atomic mass is 16.5. The first kappa shape index (κ1) is 20.8. The van der Waals surface area contributed by atoms with E-state index in [-0.39, 0.29) is 5.97 Å². The van der Waals surface area contributed by atoms with Crippen molar-refractivity contribution < 1.29 is 14.8 Å². The number of nitrogens with two attached hydrogens (primary N) is 1. The summed E-state index contributed by atoms with van der Waals surface area (Å²) in [5.41, 5.74) is 9.00. The minimum absolute atomic E-state index is 0.275. The van der Waals surface area contributed by atoms with Gasteiger partial charge in [-0.05, 0) is 45.4 Å². The maximum atomic E-state index is 12.3. The van der Waals surface area contributed by atoms with Crippen molar-refractivity contribution in [3.8, 4) is 0 Å². The second-order valence-electron chi connectivity index (χ2n) is 7.96. The molecule has 2 N–H and O–H groups in total. The molecule has 3 heteroatoms. The molecule has 0 atom stereocenters. The summed E-state index contributed by atoms with van der Waals surface area (Å²) in [4.78, 5) is 12.3. The first-order valence-electron chi connectivity index (χ1n) is 10.1. The van der Waals surface area contributed by atoms with Crippen LogP contribution in [0.25, 0.3) is 0 Å². The molecule has 0 heterocycles. The molecular weight excluding hydrogens is 358 g/mol. The minimum atomic E-state index is -0.275. The summed E-state index contributed by atoms with van der Waals surface area (Å²) in [6.45, 7) is 10.4. The number of carbonyl (C=O) groups excluding carboxylic acids is 1.